The molecule has 0 spiro atoms. The molecular formula is C19H29N3O3. The van der Waals surface area contributed by atoms with Crippen LogP contribution < -0.4 is 10.1 Å². The zero-order chi connectivity index (χ0) is 17.5. The number of hydrogen-bond donors (Lipinski definition) is 1. The molecule has 25 heavy (non-hydrogen) atoms. The van der Waals surface area contributed by atoms with Gasteiger partial charge in [-0.1, -0.05) is 0 Å². The van der Waals surface area contributed by atoms with Gasteiger partial charge >= 0.3 is 0 Å². The predicted octanol–water partition coefficient (Wildman–Crippen LogP) is 1.86. The van der Waals surface area contributed by atoms with E-state index in [0.29, 0.717) is 12.6 Å². The van der Waals surface area contributed by atoms with Crippen LogP contribution in [0.3, 0.4) is 0 Å². The van der Waals surface area contributed by atoms with Crippen molar-refractivity contribution in [3.05, 3.63) is 24.5 Å². The van der Waals surface area contributed by atoms with Gasteiger partial charge in [-0.25, -0.2) is 0 Å². The topological polar surface area (TPSA) is 63.7 Å². The standard InChI is InChI=1S/C19H29N3O3/c1-15(25-18-3-2-8-20-14-18)13-21-19(23)16-4-9-22(10-5-16)17-6-11-24-12-7-17/h2-3,8,14-17H,4-7,9-13H2,1H3,(H,21,23). The number of hydrogen-bond acceptors (Lipinski definition) is 5. The zero-order valence-electron chi connectivity index (χ0n) is 15.0. The number of nitrogens with zero attached hydrogens (tertiary/aromatic N) is 2. The van der Waals surface area contributed by atoms with Crippen molar-refractivity contribution in [2.45, 2.75) is 44.8 Å². The van der Waals surface area contributed by atoms with Crippen molar-refractivity contribution in [2.75, 3.05) is 32.8 Å². The fourth-order valence-corrected chi connectivity index (χ4v) is 3.66. The highest BCUT2D eigenvalue weighted by atomic mass is 16.5. The number of likely N-dealkylation sites (tertiary alicyclic amines) is 1. The summed E-state index contributed by atoms with van der Waals surface area (Å²) in [7, 11) is 0. The predicted molar refractivity (Wildman–Crippen MR) is 95.5 cm³/mol. The lowest BCUT2D eigenvalue weighted by Gasteiger charge is -2.38. The van der Waals surface area contributed by atoms with E-state index < -0.39 is 0 Å². The highest BCUT2D eigenvalue weighted by molar-refractivity contribution is 5.78. The molecule has 1 unspecified atom stereocenters. The molecule has 0 saturated carbocycles. The fraction of sp³-hybridized carbons (Fsp3) is 0.684. The van der Waals surface area contributed by atoms with E-state index >= 15 is 0 Å². The van der Waals surface area contributed by atoms with Gasteiger partial charge in [-0.15, -0.1) is 0 Å². The monoisotopic (exact) mass is 347 g/mol. The van der Waals surface area contributed by atoms with E-state index in [4.69, 9.17) is 9.47 Å². The zero-order valence-corrected chi connectivity index (χ0v) is 15.0. The molecule has 0 radical (unpaired) electrons. The van der Waals surface area contributed by atoms with Gasteiger partial charge in [0.2, 0.25) is 5.91 Å². The molecule has 3 heterocycles. The van der Waals surface area contributed by atoms with Gasteiger partial charge < -0.3 is 19.7 Å². The normalized spacial score (nSPS) is 21.6. The first-order valence-electron chi connectivity index (χ1n) is 9.38. The summed E-state index contributed by atoms with van der Waals surface area (Å²) in [6, 6.07) is 4.36. The smallest absolute Gasteiger partial charge is 0.223 e. The van der Waals surface area contributed by atoms with Crippen molar-refractivity contribution < 1.29 is 14.3 Å². The maximum Gasteiger partial charge on any atom is 0.223 e. The molecule has 3 rings (SSSR count). The Kier molecular flexibility index (Phi) is 6.64. The second kappa shape index (κ2) is 9.15. The lowest BCUT2D eigenvalue weighted by atomic mass is 9.93. The summed E-state index contributed by atoms with van der Waals surface area (Å²) in [5, 5.41) is 3.04. The molecule has 1 amide bonds. The summed E-state index contributed by atoms with van der Waals surface area (Å²) in [6.45, 7) is 6.27. The van der Waals surface area contributed by atoms with Crippen LogP contribution in [0.5, 0.6) is 5.75 Å². The van der Waals surface area contributed by atoms with Gasteiger partial charge in [0.1, 0.15) is 11.9 Å². The third kappa shape index (κ3) is 5.41. The number of rotatable bonds is 6. The molecule has 0 bridgehead atoms. The summed E-state index contributed by atoms with van der Waals surface area (Å²) in [6.07, 6.45) is 7.47. The Hall–Kier alpha value is -1.66. The van der Waals surface area contributed by atoms with Gasteiger partial charge in [-0.3, -0.25) is 9.78 Å². The molecule has 138 valence electrons. The van der Waals surface area contributed by atoms with Crippen molar-refractivity contribution in [1.29, 1.82) is 0 Å². The molecule has 1 N–H and O–H groups in total. The van der Waals surface area contributed by atoms with E-state index in [1.165, 1.54) is 0 Å². The van der Waals surface area contributed by atoms with Gasteiger partial charge in [0.15, 0.2) is 0 Å². The Balaban J connectivity index is 1.36. The van der Waals surface area contributed by atoms with Crippen molar-refractivity contribution in [3.63, 3.8) is 0 Å². The first-order chi connectivity index (χ1) is 12.2. The Labute approximate surface area is 149 Å². The average Bonchev–Trinajstić information content (AvgIpc) is 2.68. The van der Waals surface area contributed by atoms with Crippen molar-refractivity contribution in [1.82, 2.24) is 15.2 Å². The number of carbonyl (C=O) groups excluding carboxylic acids is 1. The fourth-order valence-electron chi connectivity index (χ4n) is 3.66. The third-order valence-electron chi connectivity index (χ3n) is 5.14. The Morgan fingerprint density at radius 3 is 2.80 bits per heavy atom. The van der Waals surface area contributed by atoms with Crippen LogP contribution in [0.4, 0.5) is 0 Å². The first kappa shape index (κ1) is 18.1. The van der Waals surface area contributed by atoms with Crippen LogP contribution >= 0.6 is 0 Å². The summed E-state index contributed by atoms with van der Waals surface area (Å²) in [5.74, 6) is 1.02. The van der Waals surface area contributed by atoms with E-state index in [2.05, 4.69) is 15.2 Å². The second-order valence-corrected chi connectivity index (χ2v) is 7.02. The Morgan fingerprint density at radius 2 is 2.12 bits per heavy atom. The van der Waals surface area contributed by atoms with Gasteiger partial charge in [-0.2, -0.15) is 0 Å². The maximum atomic E-state index is 12.4. The molecule has 6 heteroatoms. The number of aromatic nitrogens is 1. The molecule has 6 nitrogen and oxygen atoms in total. The van der Waals surface area contributed by atoms with Gasteiger partial charge in [0.25, 0.3) is 0 Å². The number of nitrogens with one attached hydrogen (secondary N) is 1. The number of pyridine rings is 1. The van der Waals surface area contributed by atoms with Crippen LogP contribution in [0.1, 0.15) is 32.6 Å². The minimum atomic E-state index is -0.0736. The second-order valence-electron chi connectivity index (χ2n) is 7.02. The molecule has 1 aromatic heterocycles. The van der Waals surface area contributed by atoms with Gasteiger partial charge in [0, 0.05) is 31.4 Å². The minimum Gasteiger partial charge on any atom is -0.487 e. The largest absolute Gasteiger partial charge is 0.487 e. The number of ether oxygens (including phenoxy) is 2. The molecule has 1 atom stereocenters. The van der Waals surface area contributed by atoms with Crippen molar-refractivity contribution in [2.24, 2.45) is 5.92 Å². The highest BCUT2D eigenvalue weighted by Crippen LogP contribution is 2.23. The third-order valence-corrected chi connectivity index (χ3v) is 5.14. The Bertz CT molecular complexity index is 526. The lowest BCUT2D eigenvalue weighted by molar-refractivity contribution is -0.127. The average molecular weight is 347 g/mol. The van der Waals surface area contributed by atoms with Crippen LogP contribution in [-0.4, -0.2) is 60.8 Å². The summed E-state index contributed by atoms with van der Waals surface area (Å²) in [5.41, 5.74) is 0. The molecule has 1 aromatic rings. The quantitative estimate of drug-likeness (QED) is 0.851. The molecule has 2 fully saturated rings. The minimum absolute atomic E-state index is 0.0736. The number of carbonyl (C=O) groups is 1. The summed E-state index contributed by atoms with van der Waals surface area (Å²) < 4.78 is 11.2. The van der Waals surface area contributed by atoms with E-state index in [1.807, 2.05) is 19.1 Å². The molecule has 2 saturated heterocycles. The van der Waals surface area contributed by atoms with E-state index in [-0.39, 0.29) is 17.9 Å². The van der Waals surface area contributed by atoms with E-state index in [0.717, 1.165) is 57.7 Å². The summed E-state index contributed by atoms with van der Waals surface area (Å²) in [4.78, 5) is 19.0. The molecule has 0 aromatic carbocycles. The van der Waals surface area contributed by atoms with Crippen LogP contribution in [0.2, 0.25) is 0 Å². The Morgan fingerprint density at radius 1 is 1.36 bits per heavy atom. The van der Waals surface area contributed by atoms with Crippen LogP contribution in [0, 0.1) is 5.92 Å². The van der Waals surface area contributed by atoms with Crippen molar-refractivity contribution >= 4 is 5.91 Å². The van der Waals surface area contributed by atoms with E-state index in [9.17, 15) is 4.79 Å². The molecule has 0 aliphatic carbocycles. The van der Waals surface area contributed by atoms with Crippen LogP contribution in [-0.2, 0) is 9.53 Å². The lowest BCUT2D eigenvalue weighted by Crippen LogP contribution is -2.47. The highest BCUT2D eigenvalue weighted by Gasteiger charge is 2.29. The van der Waals surface area contributed by atoms with Crippen LogP contribution in [0.15, 0.2) is 24.5 Å². The summed E-state index contributed by atoms with van der Waals surface area (Å²) >= 11 is 0. The number of amides is 1. The van der Waals surface area contributed by atoms with Crippen LogP contribution in [0.25, 0.3) is 0 Å². The van der Waals surface area contributed by atoms with Crippen molar-refractivity contribution in [3.8, 4) is 5.75 Å². The maximum absolute atomic E-state index is 12.4. The van der Waals surface area contributed by atoms with Gasteiger partial charge in [0.05, 0.1) is 12.7 Å². The van der Waals surface area contributed by atoms with Gasteiger partial charge in [-0.05, 0) is 57.8 Å². The molecule has 2 aliphatic heterocycles. The molecule has 2 aliphatic rings. The SMILES string of the molecule is CC(CNC(=O)C1CCN(C2CCOCC2)CC1)Oc1cccnc1. The number of piperidine rings is 1. The molecular weight excluding hydrogens is 318 g/mol. The first-order valence-corrected chi connectivity index (χ1v) is 9.38. The van der Waals surface area contributed by atoms with E-state index in [1.54, 1.807) is 12.4 Å².